The van der Waals surface area contributed by atoms with Gasteiger partial charge in [0.15, 0.2) is 11.5 Å². The van der Waals surface area contributed by atoms with E-state index in [1.807, 2.05) is 18.2 Å². The predicted octanol–water partition coefficient (Wildman–Crippen LogP) is 3.68. The van der Waals surface area contributed by atoms with Gasteiger partial charge in [0.25, 0.3) is 0 Å². The summed E-state index contributed by atoms with van der Waals surface area (Å²) in [7, 11) is 3.26. The SMILES string of the molecule is CCC(CCl)Nc1nccc2cc(OC)c(OC)cc12. The molecule has 0 amide bonds. The van der Waals surface area contributed by atoms with Crippen LogP contribution in [-0.2, 0) is 0 Å². The van der Waals surface area contributed by atoms with Crippen LogP contribution in [0.3, 0.4) is 0 Å². The van der Waals surface area contributed by atoms with E-state index in [9.17, 15) is 0 Å². The normalized spacial score (nSPS) is 12.2. The number of aromatic nitrogens is 1. The Balaban J connectivity index is 2.50. The summed E-state index contributed by atoms with van der Waals surface area (Å²) in [5.74, 6) is 2.76. The summed E-state index contributed by atoms with van der Waals surface area (Å²) in [6.07, 6.45) is 2.71. The molecule has 5 heteroatoms. The summed E-state index contributed by atoms with van der Waals surface area (Å²) in [5.41, 5.74) is 0. The monoisotopic (exact) mass is 294 g/mol. The van der Waals surface area contributed by atoms with Crippen molar-refractivity contribution in [2.45, 2.75) is 19.4 Å². The lowest BCUT2D eigenvalue weighted by Crippen LogP contribution is -2.20. The van der Waals surface area contributed by atoms with Crippen molar-refractivity contribution >= 4 is 28.2 Å². The van der Waals surface area contributed by atoms with Crippen molar-refractivity contribution in [1.29, 1.82) is 0 Å². The van der Waals surface area contributed by atoms with Gasteiger partial charge in [-0.3, -0.25) is 0 Å². The lowest BCUT2D eigenvalue weighted by atomic mass is 10.1. The van der Waals surface area contributed by atoms with E-state index in [4.69, 9.17) is 21.1 Å². The number of alkyl halides is 1. The van der Waals surface area contributed by atoms with Crippen LogP contribution in [0.5, 0.6) is 11.5 Å². The fraction of sp³-hybridized carbons (Fsp3) is 0.400. The summed E-state index contributed by atoms with van der Waals surface area (Å²) in [5, 5.41) is 5.41. The van der Waals surface area contributed by atoms with Gasteiger partial charge in [0, 0.05) is 23.5 Å². The van der Waals surface area contributed by atoms with E-state index in [1.165, 1.54) is 0 Å². The quantitative estimate of drug-likeness (QED) is 0.825. The maximum atomic E-state index is 5.94. The van der Waals surface area contributed by atoms with E-state index in [0.29, 0.717) is 17.4 Å². The molecule has 2 aromatic rings. The molecule has 0 fully saturated rings. The first-order valence-corrected chi connectivity index (χ1v) is 7.10. The van der Waals surface area contributed by atoms with Gasteiger partial charge >= 0.3 is 0 Å². The van der Waals surface area contributed by atoms with Crippen LogP contribution in [0.1, 0.15) is 13.3 Å². The van der Waals surface area contributed by atoms with Gasteiger partial charge in [-0.2, -0.15) is 0 Å². The Kier molecular flexibility index (Phi) is 4.90. The first kappa shape index (κ1) is 14.7. The molecule has 0 aliphatic carbocycles. The Morgan fingerprint density at radius 2 is 1.95 bits per heavy atom. The highest BCUT2D eigenvalue weighted by atomic mass is 35.5. The number of rotatable bonds is 6. The zero-order valence-corrected chi connectivity index (χ0v) is 12.7. The number of nitrogens with zero attached hydrogens (tertiary/aromatic N) is 1. The van der Waals surface area contributed by atoms with Crippen LogP contribution in [0, 0.1) is 0 Å². The van der Waals surface area contributed by atoms with Crippen molar-refractivity contribution in [1.82, 2.24) is 4.98 Å². The number of hydrogen-bond donors (Lipinski definition) is 1. The number of halogens is 1. The topological polar surface area (TPSA) is 43.4 Å². The van der Waals surface area contributed by atoms with Crippen molar-refractivity contribution in [2.24, 2.45) is 0 Å². The van der Waals surface area contributed by atoms with Crippen molar-refractivity contribution in [3.63, 3.8) is 0 Å². The molecule has 4 nitrogen and oxygen atoms in total. The standard InChI is InChI=1S/C15H19ClN2O2/c1-4-11(9-16)18-15-12-8-14(20-3)13(19-2)7-10(12)5-6-17-15/h5-8,11H,4,9H2,1-3H3,(H,17,18). The minimum absolute atomic E-state index is 0.197. The summed E-state index contributed by atoms with van der Waals surface area (Å²) in [4.78, 5) is 4.41. The van der Waals surface area contributed by atoms with Gasteiger partial charge in [-0.15, -0.1) is 11.6 Å². The molecule has 1 heterocycles. The molecular formula is C15H19ClN2O2. The fourth-order valence-corrected chi connectivity index (χ4v) is 2.35. The van der Waals surface area contributed by atoms with Crippen LogP contribution >= 0.6 is 11.6 Å². The number of benzene rings is 1. The van der Waals surface area contributed by atoms with E-state index in [1.54, 1.807) is 20.4 Å². The Bertz CT molecular complexity index is 585. The molecule has 1 unspecified atom stereocenters. The average Bonchev–Trinajstić information content (AvgIpc) is 2.51. The smallest absolute Gasteiger partial charge is 0.161 e. The van der Waals surface area contributed by atoms with Crippen LogP contribution in [0.25, 0.3) is 10.8 Å². The molecule has 1 aromatic carbocycles. The molecule has 1 N–H and O–H groups in total. The summed E-state index contributed by atoms with van der Waals surface area (Å²) in [6.45, 7) is 2.09. The first-order chi connectivity index (χ1) is 9.73. The van der Waals surface area contributed by atoms with Gasteiger partial charge in [-0.25, -0.2) is 4.98 Å². The maximum absolute atomic E-state index is 5.94. The molecular weight excluding hydrogens is 276 g/mol. The highest BCUT2D eigenvalue weighted by molar-refractivity contribution is 6.18. The lowest BCUT2D eigenvalue weighted by Gasteiger charge is -2.17. The number of ether oxygens (including phenoxy) is 2. The van der Waals surface area contributed by atoms with Crippen molar-refractivity contribution in [2.75, 3.05) is 25.4 Å². The molecule has 2 rings (SSSR count). The molecule has 0 spiro atoms. The van der Waals surface area contributed by atoms with Crippen LogP contribution in [0.2, 0.25) is 0 Å². The summed E-state index contributed by atoms with van der Waals surface area (Å²) < 4.78 is 10.7. The van der Waals surface area contributed by atoms with E-state index in [0.717, 1.165) is 23.0 Å². The van der Waals surface area contributed by atoms with E-state index < -0.39 is 0 Å². The Labute approximate surface area is 124 Å². The molecule has 0 radical (unpaired) electrons. The summed E-state index contributed by atoms with van der Waals surface area (Å²) >= 11 is 5.94. The third kappa shape index (κ3) is 2.90. The number of nitrogens with one attached hydrogen (secondary N) is 1. The second-order valence-electron chi connectivity index (χ2n) is 4.49. The number of hydrogen-bond acceptors (Lipinski definition) is 4. The number of anilines is 1. The largest absolute Gasteiger partial charge is 0.493 e. The summed E-state index contributed by atoms with van der Waals surface area (Å²) in [6, 6.07) is 6.03. The third-order valence-corrected chi connectivity index (χ3v) is 3.66. The van der Waals surface area contributed by atoms with E-state index in [-0.39, 0.29) is 6.04 Å². The molecule has 0 bridgehead atoms. The van der Waals surface area contributed by atoms with Crippen molar-refractivity contribution in [3.05, 3.63) is 24.4 Å². The van der Waals surface area contributed by atoms with Gasteiger partial charge in [0.2, 0.25) is 0 Å². The van der Waals surface area contributed by atoms with Gasteiger partial charge < -0.3 is 14.8 Å². The third-order valence-electron chi connectivity index (χ3n) is 3.29. The molecule has 0 saturated heterocycles. The van der Waals surface area contributed by atoms with Crippen molar-refractivity contribution in [3.8, 4) is 11.5 Å². The van der Waals surface area contributed by atoms with Crippen LogP contribution in [-0.4, -0.2) is 31.1 Å². The fourth-order valence-electron chi connectivity index (χ4n) is 2.06. The zero-order chi connectivity index (χ0) is 14.5. The highest BCUT2D eigenvalue weighted by Gasteiger charge is 2.12. The van der Waals surface area contributed by atoms with E-state index >= 15 is 0 Å². The molecule has 0 aliphatic rings. The number of methoxy groups -OCH3 is 2. The van der Waals surface area contributed by atoms with Crippen LogP contribution < -0.4 is 14.8 Å². The molecule has 1 aromatic heterocycles. The Morgan fingerprint density at radius 3 is 2.55 bits per heavy atom. The number of fused-ring (bicyclic) bond motifs is 1. The molecule has 0 aliphatic heterocycles. The second kappa shape index (κ2) is 6.66. The van der Waals surface area contributed by atoms with Crippen LogP contribution in [0.15, 0.2) is 24.4 Å². The average molecular weight is 295 g/mol. The Morgan fingerprint density at radius 1 is 1.25 bits per heavy atom. The molecule has 1 atom stereocenters. The van der Waals surface area contributed by atoms with Crippen LogP contribution in [0.4, 0.5) is 5.82 Å². The first-order valence-electron chi connectivity index (χ1n) is 6.56. The zero-order valence-electron chi connectivity index (χ0n) is 11.9. The highest BCUT2D eigenvalue weighted by Crippen LogP contribution is 2.34. The molecule has 20 heavy (non-hydrogen) atoms. The van der Waals surface area contributed by atoms with E-state index in [2.05, 4.69) is 17.2 Å². The minimum atomic E-state index is 0.197. The predicted molar refractivity (Wildman–Crippen MR) is 83.3 cm³/mol. The molecule has 108 valence electrons. The van der Waals surface area contributed by atoms with Gasteiger partial charge in [-0.05, 0) is 30.0 Å². The lowest BCUT2D eigenvalue weighted by molar-refractivity contribution is 0.356. The Hall–Kier alpha value is -1.68. The maximum Gasteiger partial charge on any atom is 0.161 e. The van der Waals surface area contributed by atoms with Gasteiger partial charge in [0.1, 0.15) is 5.82 Å². The van der Waals surface area contributed by atoms with Gasteiger partial charge in [-0.1, -0.05) is 6.92 Å². The van der Waals surface area contributed by atoms with Crippen molar-refractivity contribution < 1.29 is 9.47 Å². The second-order valence-corrected chi connectivity index (χ2v) is 4.80. The number of pyridine rings is 1. The van der Waals surface area contributed by atoms with Gasteiger partial charge in [0.05, 0.1) is 14.2 Å². The molecule has 0 saturated carbocycles. The minimum Gasteiger partial charge on any atom is -0.493 e.